The summed E-state index contributed by atoms with van der Waals surface area (Å²) < 4.78 is 2.62. The predicted molar refractivity (Wildman–Crippen MR) is 203 cm³/mol. The lowest BCUT2D eigenvalue weighted by molar-refractivity contribution is 0.594. The van der Waals surface area contributed by atoms with E-state index in [2.05, 4.69) is 183 Å². The van der Waals surface area contributed by atoms with Gasteiger partial charge in [0, 0.05) is 38.7 Å². The Kier molecular flexibility index (Phi) is 5.44. The van der Waals surface area contributed by atoms with Gasteiger partial charge in [0.05, 0.1) is 16.7 Å². The summed E-state index contributed by atoms with van der Waals surface area (Å²) in [5.74, 6) is 0. The van der Waals surface area contributed by atoms with Crippen molar-refractivity contribution >= 4 is 49.6 Å². The van der Waals surface area contributed by atoms with E-state index in [1.807, 2.05) is 0 Å². The molecule has 7 aromatic carbocycles. The number of aromatic nitrogens is 1. The van der Waals surface area contributed by atoms with E-state index in [0.717, 1.165) is 11.4 Å². The fourth-order valence-electron chi connectivity index (χ4n) is 8.78. The van der Waals surface area contributed by atoms with Gasteiger partial charge >= 0.3 is 0 Å². The molecule has 230 valence electrons. The van der Waals surface area contributed by atoms with Crippen LogP contribution in [0.4, 0.5) is 17.1 Å². The maximum absolute atomic E-state index is 2.62. The topological polar surface area (TPSA) is 8.17 Å². The van der Waals surface area contributed by atoms with Crippen molar-refractivity contribution in [2.45, 2.75) is 38.5 Å². The fraction of sp³-hybridized carbons (Fsp3) is 0.130. The molecule has 0 saturated carbocycles. The third-order valence-corrected chi connectivity index (χ3v) is 11.3. The molecule has 1 aromatic heterocycles. The predicted octanol–water partition coefficient (Wildman–Crippen LogP) is 12.4. The highest BCUT2D eigenvalue weighted by molar-refractivity contribution is 6.16. The van der Waals surface area contributed by atoms with Gasteiger partial charge in [-0.2, -0.15) is 0 Å². The molecule has 0 N–H and O–H groups in total. The first-order chi connectivity index (χ1) is 23.3. The van der Waals surface area contributed by atoms with Gasteiger partial charge in [-0.3, -0.25) is 0 Å². The van der Waals surface area contributed by atoms with Crippen molar-refractivity contribution in [1.29, 1.82) is 0 Å². The maximum Gasteiger partial charge on any atom is 0.0583 e. The van der Waals surface area contributed by atoms with Crippen molar-refractivity contribution in [3.8, 4) is 16.8 Å². The third-order valence-electron chi connectivity index (χ3n) is 11.3. The minimum atomic E-state index is -0.197. The molecule has 2 heteroatoms. The van der Waals surface area contributed by atoms with Crippen LogP contribution in [0.15, 0.2) is 146 Å². The molecular formula is C46H36N2. The Balaban J connectivity index is 1.36. The highest BCUT2D eigenvalue weighted by atomic mass is 15.1. The van der Waals surface area contributed by atoms with Crippen LogP contribution < -0.4 is 4.90 Å². The molecule has 0 bridgehead atoms. The van der Waals surface area contributed by atoms with E-state index in [9.17, 15) is 0 Å². The van der Waals surface area contributed by atoms with E-state index in [4.69, 9.17) is 0 Å². The molecule has 0 unspecified atom stereocenters. The van der Waals surface area contributed by atoms with E-state index in [1.165, 1.54) is 77.3 Å². The average molecular weight is 617 g/mol. The zero-order chi connectivity index (χ0) is 32.4. The van der Waals surface area contributed by atoms with Crippen molar-refractivity contribution in [2.24, 2.45) is 0 Å². The van der Waals surface area contributed by atoms with Gasteiger partial charge in [-0.25, -0.2) is 0 Å². The normalized spacial score (nSPS) is 15.0. The number of hydrogen-bond acceptors (Lipinski definition) is 1. The number of anilines is 3. The van der Waals surface area contributed by atoms with Crippen molar-refractivity contribution < 1.29 is 0 Å². The number of para-hydroxylation sites is 3. The standard InChI is InChI=1S/C46H36N2/c1-45(2)38-20-13-21-39-44(38)48-42-36(25-32(26-40(42)45)31-23-22-29-14-11-12-15-30(29)24-31)37-27-35(28-41(43(37)48)46(39,3)4)47(33-16-7-5-8-17-33)34-18-9-6-10-19-34/h5-28H,1-4H3. The largest absolute Gasteiger partial charge is 0.310 e. The number of hydrogen-bond donors (Lipinski definition) is 0. The van der Waals surface area contributed by atoms with Crippen LogP contribution in [0.5, 0.6) is 0 Å². The molecule has 2 aliphatic rings. The van der Waals surface area contributed by atoms with Crippen LogP contribution in [0.2, 0.25) is 0 Å². The molecule has 0 saturated heterocycles. The van der Waals surface area contributed by atoms with Gasteiger partial charge in [0.1, 0.15) is 0 Å². The highest BCUT2D eigenvalue weighted by Crippen LogP contribution is 2.57. The lowest BCUT2D eigenvalue weighted by Crippen LogP contribution is -2.33. The van der Waals surface area contributed by atoms with Gasteiger partial charge in [-0.05, 0) is 98.8 Å². The highest BCUT2D eigenvalue weighted by Gasteiger charge is 2.43. The number of nitrogens with zero attached hydrogens (tertiary/aromatic N) is 2. The van der Waals surface area contributed by atoms with Crippen LogP contribution >= 0.6 is 0 Å². The summed E-state index contributed by atoms with van der Waals surface area (Å²) in [4.78, 5) is 2.42. The van der Waals surface area contributed by atoms with Crippen LogP contribution in [0, 0.1) is 0 Å². The Morgan fingerprint density at radius 2 is 0.979 bits per heavy atom. The number of rotatable bonds is 4. The Morgan fingerprint density at radius 3 is 1.62 bits per heavy atom. The van der Waals surface area contributed by atoms with Gasteiger partial charge < -0.3 is 9.47 Å². The molecule has 8 aromatic rings. The van der Waals surface area contributed by atoms with Gasteiger partial charge in [-0.1, -0.05) is 119 Å². The fourth-order valence-corrected chi connectivity index (χ4v) is 8.78. The Bertz CT molecular complexity index is 2560. The van der Waals surface area contributed by atoms with E-state index >= 15 is 0 Å². The van der Waals surface area contributed by atoms with Crippen molar-refractivity contribution in [3.05, 3.63) is 168 Å². The van der Waals surface area contributed by atoms with Gasteiger partial charge in [0.15, 0.2) is 0 Å². The van der Waals surface area contributed by atoms with Gasteiger partial charge in [-0.15, -0.1) is 0 Å². The number of benzene rings is 7. The van der Waals surface area contributed by atoms with Crippen LogP contribution in [-0.2, 0) is 10.8 Å². The van der Waals surface area contributed by atoms with E-state index in [1.54, 1.807) is 0 Å². The minimum Gasteiger partial charge on any atom is -0.310 e. The second-order valence-corrected chi connectivity index (χ2v) is 14.7. The second kappa shape index (κ2) is 9.49. The molecule has 10 rings (SSSR count). The van der Waals surface area contributed by atoms with Crippen molar-refractivity contribution in [1.82, 2.24) is 4.57 Å². The molecule has 0 amide bonds. The lowest BCUT2D eigenvalue weighted by atomic mass is 9.68. The smallest absolute Gasteiger partial charge is 0.0583 e. The molecule has 0 atom stereocenters. The van der Waals surface area contributed by atoms with E-state index in [-0.39, 0.29) is 10.8 Å². The first-order valence-electron chi connectivity index (χ1n) is 17.0. The Morgan fingerprint density at radius 1 is 0.417 bits per heavy atom. The molecule has 48 heavy (non-hydrogen) atoms. The first-order valence-corrected chi connectivity index (χ1v) is 17.0. The molecular weight excluding hydrogens is 581 g/mol. The molecule has 0 aliphatic carbocycles. The van der Waals surface area contributed by atoms with Crippen LogP contribution in [0.25, 0.3) is 49.4 Å². The molecule has 0 fully saturated rings. The molecule has 0 spiro atoms. The summed E-state index contributed by atoms with van der Waals surface area (Å²) in [7, 11) is 0. The third kappa shape index (κ3) is 3.58. The van der Waals surface area contributed by atoms with Crippen molar-refractivity contribution in [2.75, 3.05) is 4.90 Å². The number of fused-ring (bicyclic) bond motifs is 2. The molecule has 2 aliphatic heterocycles. The Labute approximate surface area is 281 Å². The molecule has 3 heterocycles. The lowest BCUT2D eigenvalue weighted by Gasteiger charge is -2.42. The monoisotopic (exact) mass is 616 g/mol. The summed E-state index contributed by atoms with van der Waals surface area (Å²) in [6, 6.07) is 54.0. The van der Waals surface area contributed by atoms with E-state index in [0.29, 0.717) is 0 Å². The summed E-state index contributed by atoms with van der Waals surface area (Å²) in [5.41, 5.74) is 15.3. The summed E-state index contributed by atoms with van der Waals surface area (Å²) >= 11 is 0. The summed E-state index contributed by atoms with van der Waals surface area (Å²) in [5, 5.41) is 5.17. The van der Waals surface area contributed by atoms with Gasteiger partial charge in [0.25, 0.3) is 0 Å². The van der Waals surface area contributed by atoms with Crippen molar-refractivity contribution in [3.63, 3.8) is 0 Å². The first kappa shape index (κ1) is 27.5. The molecule has 0 radical (unpaired) electrons. The zero-order valence-corrected chi connectivity index (χ0v) is 27.8. The van der Waals surface area contributed by atoms with E-state index < -0.39 is 0 Å². The quantitative estimate of drug-likeness (QED) is 0.191. The average Bonchev–Trinajstić information content (AvgIpc) is 3.44. The minimum absolute atomic E-state index is 0.169. The molecule has 2 nitrogen and oxygen atoms in total. The van der Waals surface area contributed by atoms with Crippen LogP contribution in [0.1, 0.15) is 49.9 Å². The second-order valence-electron chi connectivity index (χ2n) is 14.7. The SMILES string of the molecule is CC1(C)c2cccc3c2-n2c4c1cc(-c1ccc5ccccc5c1)cc4c1cc(N(c4ccccc4)c4ccccc4)cc(c12)C3(C)C. The maximum atomic E-state index is 2.62. The van der Waals surface area contributed by atoms with Crippen LogP contribution in [-0.4, -0.2) is 4.57 Å². The zero-order valence-electron chi connectivity index (χ0n) is 27.8. The Hall–Kier alpha value is -5.60. The summed E-state index contributed by atoms with van der Waals surface area (Å²) in [6.45, 7) is 9.67. The van der Waals surface area contributed by atoms with Gasteiger partial charge in [0.2, 0.25) is 0 Å². The van der Waals surface area contributed by atoms with Crippen LogP contribution in [0.3, 0.4) is 0 Å². The summed E-state index contributed by atoms with van der Waals surface area (Å²) in [6.07, 6.45) is 0.